The van der Waals surface area contributed by atoms with Gasteiger partial charge in [-0.2, -0.15) is 5.10 Å². The standard InChI is InChI=1S/C14H26N4/c1-12-5-3-6-13(11-12)17(2)8-4-9-18-10-7-14(15)16-18/h7,10,12-13H,3-6,8-9,11H2,1-2H3,(H2,15,16). The van der Waals surface area contributed by atoms with Gasteiger partial charge in [-0.1, -0.05) is 19.8 Å². The molecule has 1 heterocycles. The first-order chi connectivity index (χ1) is 8.65. The fourth-order valence-corrected chi connectivity index (χ4v) is 2.97. The molecule has 2 unspecified atom stereocenters. The molecule has 0 aromatic carbocycles. The van der Waals surface area contributed by atoms with Crippen LogP contribution >= 0.6 is 0 Å². The highest BCUT2D eigenvalue weighted by Crippen LogP contribution is 2.26. The lowest BCUT2D eigenvalue weighted by atomic mass is 9.86. The minimum Gasteiger partial charge on any atom is -0.382 e. The maximum absolute atomic E-state index is 5.60. The first-order valence-corrected chi connectivity index (χ1v) is 7.14. The van der Waals surface area contributed by atoms with Gasteiger partial charge in [-0.15, -0.1) is 0 Å². The fraction of sp³-hybridized carbons (Fsp3) is 0.786. The molecule has 18 heavy (non-hydrogen) atoms. The number of nitrogens with two attached hydrogens (primary N) is 1. The molecule has 0 saturated heterocycles. The third-order valence-corrected chi connectivity index (χ3v) is 4.09. The van der Waals surface area contributed by atoms with Gasteiger partial charge in [-0.25, -0.2) is 0 Å². The van der Waals surface area contributed by atoms with Gasteiger partial charge in [0.1, 0.15) is 5.82 Å². The van der Waals surface area contributed by atoms with Gasteiger partial charge in [0, 0.05) is 18.8 Å². The van der Waals surface area contributed by atoms with Crippen LogP contribution in [-0.4, -0.2) is 34.3 Å². The second-order valence-corrected chi connectivity index (χ2v) is 5.76. The molecule has 0 spiro atoms. The predicted octanol–water partition coefficient (Wildman–Crippen LogP) is 2.37. The van der Waals surface area contributed by atoms with Gasteiger partial charge in [0.15, 0.2) is 0 Å². The first kappa shape index (κ1) is 13.4. The van der Waals surface area contributed by atoms with Crippen molar-refractivity contribution in [3.63, 3.8) is 0 Å². The molecule has 2 rings (SSSR count). The van der Waals surface area contributed by atoms with E-state index >= 15 is 0 Å². The van der Waals surface area contributed by atoms with E-state index < -0.39 is 0 Å². The Hall–Kier alpha value is -1.03. The van der Waals surface area contributed by atoms with Gasteiger partial charge in [0.2, 0.25) is 0 Å². The summed E-state index contributed by atoms with van der Waals surface area (Å²) >= 11 is 0. The van der Waals surface area contributed by atoms with Crippen molar-refractivity contribution in [1.82, 2.24) is 14.7 Å². The van der Waals surface area contributed by atoms with E-state index in [1.165, 1.54) is 25.7 Å². The minimum atomic E-state index is 0.615. The maximum Gasteiger partial charge on any atom is 0.145 e. The average molecular weight is 250 g/mol. The third kappa shape index (κ3) is 3.73. The highest BCUT2D eigenvalue weighted by molar-refractivity contribution is 5.23. The summed E-state index contributed by atoms with van der Waals surface area (Å²) in [6.07, 6.45) is 8.64. The first-order valence-electron chi connectivity index (χ1n) is 7.14. The Labute approximate surface area is 110 Å². The van der Waals surface area contributed by atoms with Crippen molar-refractivity contribution in [1.29, 1.82) is 0 Å². The number of nitrogen functional groups attached to an aromatic ring is 1. The van der Waals surface area contributed by atoms with Crippen molar-refractivity contribution in [2.24, 2.45) is 5.92 Å². The number of aromatic nitrogens is 2. The van der Waals surface area contributed by atoms with Gasteiger partial charge in [0.05, 0.1) is 0 Å². The summed E-state index contributed by atoms with van der Waals surface area (Å²) in [6.45, 7) is 4.49. The number of nitrogens with zero attached hydrogens (tertiary/aromatic N) is 3. The van der Waals surface area contributed by atoms with E-state index in [1.807, 2.05) is 16.9 Å². The van der Waals surface area contributed by atoms with Gasteiger partial charge < -0.3 is 10.6 Å². The molecule has 0 bridgehead atoms. The number of aryl methyl sites for hydroxylation is 1. The van der Waals surface area contributed by atoms with Crippen molar-refractivity contribution < 1.29 is 0 Å². The molecule has 1 aliphatic carbocycles. The zero-order valence-electron chi connectivity index (χ0n) is 11.7. The lowest BCUT2D eigenvalue weighted by Crippen LogP contribution is -2.36. The summed E-state index contributed by atoms with van der Waals surface area (Å²) in [6, 6.07) is 2.64. The van der Waals surface area contributed by atoms with E-state index in [4.69, 9.17) is 5.73 Å². The normalized spacial score (nSPS) is 24.6. The highest BCUT2D eigenvalue weighted by atomic mass is 15.3. The molecule has 1 fully saturated rings. The van der Waals surface area contributed by atoms with Crippen molar-refractivity contribution in [3.05, 3.63) is 12.3 Å². The summed E-state index contributed by atoms with van der Waals surface area (Å²) in [4.78, 5) is 2.53. The molecule has 1 saturated carbocycles. The molecule has 1 aromatic rings. The topological polar surface area (TPSA) is 47.1 Å². The average Bonchev–Trinajstić information content (AvgIpc) is 2.75. The van der Waals surface area contributed by atoms with E-state index in [9.17, 15) is 0 Å². The molecule has 102 valence electrons. The van der Waals surface area contributed by atoms with Gasteiger partial charge >= 0.3 is 0 Å². The lowest BCUT2D eigenvalue weighted by molar-refractivity contribution is 0.160. The molecule has 0 aliphatic heterocycles. The second-order valence-electron chi connectivity index (χ2n) is 5.76. The van der Waals surface area contributed by atoms with Gasteiger partial charge in [-0.3, -0.25) is 4.68 Å². The fourth-order valence-electron chi connectivity index (χ4n) is 2.97. The zero-order valence-corrected chi connectivity index (χ0v) is 11.7. The van der Waals surface area contributed by atoms with Crippen LogP contribution < -0.4 is 5.73 Å². The van der Waals surface area contributed by atoms with Crippen LogP contribution in [0.3, 0.4) is 0 Å². The molecule has 2 atom stereocenters. The van der Waals surface area contributed by atoms with Crippen LogP contribution in [0.1, 0.15) is 39.0 Å². The molecule has 1 aliphatic rings. The quantitative estimate of drug-likeness (QED) is 0.872. The van der Waals surface area contributed by atoms with Crippen molar-refractivity contribution in [2.75, 3.05) is 19.3 Å². The van der Waals surface area contributed by atoms with E-state index in [1.54, 1.807) is 0 Å². The molecule has 2 N–H and O–H groups in total. The summed E-state index contributed by atoms with van der Waals surface area (Å²) in [5.41, 5.74) is 5.60. The van der Waals surface area contributed by atoms with Gasteiger partial charge in [0.25, 0.3) is 0 Å². The minimum absolute atomic E-state index is 0.615. The molecule has 4 nitrogen and oxygen atoms in total. The van der Waals surface area contributed by atoms with E-state index in [0.29, 0.717) is 5.82 Å². The van der Waals surface area contributed by atoms with Crippen LogP contribution in [0, 0.1) is 5.92 Å². The number of rotatable bonds is 5. The van der Waals surface area contributed by atoms with Crippen LogP contribution in [0.4, 0.5) is 5.82 Å². The zero-order chi connectivity index (χ0) is 13.0. The van der Waals surface area contributed by atoms with E-state index in [-0.39, 0.29) is 0 Å². The van der Waals surface area contributed by atoms with Crippen LogP contribution in [0.25, 0.3) is 0 Å². The van der Waals surface area contributed by atoms with Crippen molar-refractivity contribution in [3.8, 4) is 0 Å². The molecular weight excluding hydrogens is 224 g/mol. The van der Waals surface area contributed by atoms with Crippen LogP contribution in [-0.2, 0) is 6.54 Å². The molecule has 0 radical (unpaired) electrons. The molecular formula is C14H26N4. The van der Waals surface area contributed by atoms with Crippen LogP contribution in [0.2, 0.25) is 0 Å². The van der Waals surface area contributed by atoms with Crippen molar-refractivity contribution in [2.45, 2.75) is 51.6 Å². The number of anilines is 1. The molecule has 0 amide bonds. The molecule has 4 heteroatoms. The SMILES string of the molecule is CC1CCCC(N(C)CCCn2ccc(N)n2)C1. The Morgan fingerprint density at radius 1 is 1.50 bits per heavy atom. The third-order valence-electron chi connectivity index (χ3n) is 4.09. The Kier molecular flexibility index (Phi) is 4.64. The second kappa shape index (κ2) is 6.23. The summed E-state index contributed by atoms with van der Waals surface area (Å²) in [5, 5.41) is 4.21. The predicted molar refractivity (Wildman–Crippen MR) is 75.3 cm³/mol. The maximum atomic E-state index is 5.60. The largest absolute Gasteiger partial charge is 0.382 e. The number of hydrogen-bond donors (Lipinski definition) is 1. The summed E-state index contributed by atoms with van der Waals surface area (Å²) < 4.78 is 1.94. The molecule has 1 aromatic heterocycles. The van der Waals surface area contributed by atoms with Crippen molar-refractivity contribution >= 4 is 5.82 Å². The Morgan fingerprint density at radius 3 is 3.00 bits per heavy atom. The number of hydrogen-bond acceptors (Lipinski definition) is 3. The Morgan fingerprint density at radius 2 is 2.33 bits per heavy atom. The summed E-state index contributed by atoms with van der Waals surface area (Å²) in [7, 11) is 2.26. The van der Waals surface area contributed by atoms with E-state index in [2.05, 4.69) is 24.0 Å². The van der Waals surface area contributed by atoms with Crippen LogP contribution in [0.15, 0.2) is 12.3 Å². The van der Waals surface area contributed by atoms with E-state index in [0.717, 1.165) is 31.5 Å². The lowest BCUT2D eigenvalue weighted by Gasteiger charge is -2.34. The summed E-state index contributed by atoms with van der Waals surface area (Å²) in [5.74, 6) is 1.52. The van der Waals surface area contributed by atoms with Crippen LogP contribution in [0.5, 0.6) is 0 Å². The highest BCUT2D eigenvalue weighted by Gasteiger charge is 2.21. The Bertz CT molecular complexity index is 360. The Balaban J connectivity index is 1.69. The van der Waals surface area contributed by atoms with Gasteiger partial charge in [-0.05, 0) is 44.8 Å². The smallest absolute Gasteiger partial charge is 0.145 e. The monoisotopic (exact) mass is 250 g/mol.